The molecule has 0 radical (unpaired) electrons. The molecule has 2 aromatic rings. The van der Waals surface area contributed by atoms with Crippen LogP contribution in [0.3, 0.4) is 0 Å². The summed E-state index contributed by atoms with van der Waals surface area (Å²) in [5.41, 5.74) is 1.01. The summed E-state index contributed by atoms with van der Waals surface area (Å²) in [5.74, 6) is 1.17. The van der Waals surface area contributed by atoms with Crippen molar-refractivity contribution < 1.29 is 14.3 Å². The monoisotopic (exact) mass is 389 g/mol. The fourth-order valence-corrected chi connectivity index (χ4v) is 4.83. The highest BCUT2D eigenvalue weighted by Gasteiger charge is 2.27. The average Bonchev–Trinajstić information content (AvgIpc) is 3.36. The van der Waals surface area contributed by atoms with E-state index in [9.17, 15) is 4.79 Å². The van der Waals surface area contributed by atoms with E-state index in [-0.39, 0.29) is 17.9 Å². The van der Waals surface area contributed by atoms with Crippen molar-refractivity contribution in [2.24, 2.45) is 5.92 Å². The lowest BCUT2D eigenvalue weighted by molar-refractivity contribution is -0.126. The van der Waals surface area contributed by atoms with Gasteiger partial charge in [-0.25, -0.2) is 4.98 Å². The summed E-state index contributed by atoms with van der Waals surface area (Å²) in [4.78, 5) is 19.5. The number of benzene rings is 1. The van der Waals surface area contributed by atoms with Gasteiger partial charge in [-0.05, 0) is 50.8 Å². The number of aromatic nitrogens is 1. The number of fused-ring (bicyclic) bond motifs is 1. The zero-order valence-corrected chi connectivity index (χ0v) is 16.6. The summed E-state index contributed by atoms with van der Waals surface area (Å²) in [5, 5.41) is 4.12. The summed E-state index contributed by atoms with van der Waals surface area (Å²) < 4.78 is 12.3. The molecular weight excluding hydrogens is 362 g/mol. The van der Waals surface area contributed by atoms with Crippen LogP contribution >= 0.6 is 11.3 Å². The molecule has 0 unspecified atom stereocenters. The number of ether oxygens (including phenoxy) is 2. The van der Waals surface area contributed by atoms with Gasteiger partial charge in [-0.3, -0.25) is 4.79 Å². The van der Waals surface area contributed by atoms with Crippen LogP contribution in [0.25, 0.3) is 10.2 Å². The molecule has 0 aliphatic carbocycles. The van der Waals surface area contributed by atoms with Crippen molar-refractivity contribution in [3.63, 3.8) is 0 Å². The Morgan fingerprint density at radius 3 is 2.96 bits per heavy atom. The van der Waals surface area contributed by atoms with Crippen molar-refractivity contribution in [1.82, 2.24) is 10.3 Å². The Balaban J connectivity index is 1.31. The first kappa shape index (κ1) is 18.5. The normalized spacial score (nSPS) is 20.9. The highest BCUT2D eigenvalue weighted by molar-refractivity contribution is 7.22. The second kappa shape index (κ2) is 8.44. The van der Waals surface area contributed by atoms with E-state index >= 15 is 0 Å². The summed E-state index contributed by atoms with van der Waals surface area (Å²) in [7, 11) is 0. The Morgan fingerprint density at radius 1 is 1.37 bits per heavy atom. The fourth-order valence-electron chi connectivity index (χ4n) is 3.78. The maximum Gasteiger partial charge on any atom is 0.223 e. The van der Waals surface area contributed by atoms with Gasteiger partial charge in [0.05, 0.1) is 22.9 Å². The molecule has 1 aromatic carbocycles. The molecule has 1 aromatic heterocycles. The number of thiazole rings is 1. The molecule has 2 fully saturated rings. The smallest absolute Gasteiger partial charge is 0.223 e. The topological polar surface area (TPSA) is 63.7 Å². The van der Waals surface area contributed by atoms with Gasteiger partial charge in [0.1, 0.15) is 5.75 Å². The molecule has 1 N–H and O–H groups in total. The number of hydrogen-bond donors (Lipinski definition) is 1. The SMILES string of the molecule is CCOc1ccc2nc(N3CCC(C(=O)NC[C@@H]4CCCO4)CC3)sc2c1. The van der Waals surface area contributed by atoms with Gasteiger partial charge in [-0.15, -0.1) is 0 Å². The number of hydrogen-bond acceptors (Lipinski definition) is 6. The summed E-state index contributed by atoms with van der Waals surface area (Å²) in [6.07, 6.45) is 4.11. The molecule has 0 saturated carbocycles. The predicted molar refractivity (Wildman–Crippen MR) is 108 cm³/mol. The molecule has 2 aliphatic rings. The number of piperidine rings is 1. The predicted octanol–water partition coefficient (Wildman–Crippen LogP) is 3.21. The van der Waals surface area contributed by atoms with E-state index in [1.54, 1.807) is 11.3 Å². The summed E-state index contributed by atoms with van der Waals surface area (Å²) >= 11 is 1.70. The zero-order chi connectivity index (χ0) is 18.6. The number of anilines is 1. The largest absolute Gasteiger partial charge is 0.494 e. The molecular formula is C20H27N3O3S. The first-order valence-electron chi connectivity index (χ1n) is 9.90. The van der Waals surface area contributed by atoms with Crippen molar-refractivity contribution in [2.45, 2.75) is 38.7 Å². The number of nitrogens with one attached hydrogen (secondary N) is 1. The molecule has 1 amide bonds. The lowest BCUT2D eigenvalue weighted by Crippen LogP contribution is -2.42. The van der Waals surface area contributed by atoms with Crippen LogP contribution in [-0.4, -0.2) is 49.8 Å². The first-order valence-corrected chi connectivity index (χ1v) is 10.7. The molecule has 146 valence electrons. The molecule has 0 spiro atoms. The number of rotatable bonds is 6. The third-order valence-electron chi connectivity index (χ3n) is 5.32. The molecule has 3 heterocycles. The third kappa shape index (κ3) is 4.35. The van der Waals surface area contributed by atoms with Crippen LogP contribution in [0, 0.1) is 5.92 Å². The highest BCUT2D eigenvalue weighted by Crippen LogP contribution is 2.33. The van der Waals surface area contributed by atoms with Crippen LogP contribution in [-0.2, 0) is 9.53 Å². The van der Waals surface area contributed by atoms with Crippen molar-refractivity contribution in [3.8, 4) is 5.75 Å². The quantitative estimate of drug-likeness (QED) is 0.822. The fraction of sp³-hybridized carbons (Fsp3) is 0.600. The van der Waals surface area contributed by atoms with Crippen molar-refractivity contribution in [3.05, 3.63) is 18.2 Å². The van der Waals surface area contributed by atoms with E-state index in [2.05, 4.69) is 16.3 Å². The van der Waals surface area contributed by atoms with Crippen LogP contribution in [0.5, 0.6) is 5.75 Å². The van der Waals surface area contributed by atoms with Gasteiger partial charge in [-0.2, -0.15) is 0 Å². The van der Waals surface area contributed by atoms with Gasteiger partial charge in [0.15, 0.2) is 5.13 Å². The van der Waals surface area contributed by atoms with E-state index in [1.807, 2.05) is 19.1 Å². The lowest BCUT2D eigenvalue weighted by Gasteiger charge is -2.31. The van der Waals surface area contributed by atoms with E-state index in [0.717, 1.165) is 66.5 Å². The minimum atomic E-state index is 0.0987. The minimum Gasteiger partial charge on any atom is -0.494 e. The highest BCUT2D eigenvalue weighted by atomic mass is 32.1. The molecule has 7 heteroatoms. The van der Waals surface area contributed by atoms with Gasteiger partial charge >= 0.3 is 0 Å². The Hall–Kier alpha value is -1.86. The van der Waals surface area contributed by atoms with E-state index in [4.69, 9.17) is 14.5 Å². The number of amides is 1. The molecule has 2 aliphatic heterocycles. The summed E-state index contributed by atoms with van der Waals surface area (Å²) in [6.45, 7) is 5.88. The molecule has 2 saturated heterocycles. The van der Waals surface area contributed by atoms with Crippen molar-refractivity contribution in [2.75, 3.05) is 37.7 Å². The zero-order valence-electron chi connectivity index (χ0n) is 15.8. The van der Waals surface area contributed by atoms with Crippen molar-refractivity contribution >= 4 is 32.6 Å². The Bertz CT molecular complexity index is 780. The van der Waals surface area contributed by atoms with Crippen LogP contribution in [0.15, 0.2) is 18.2 Å². The summed E-state index contributed by atoms with van der Waals surface area (Å²) in [6, 6.07) is 6.05. The average molecular weight is 390 g/mol. The lowest BCUT2D eigenvalue weighted by atomic mass is 9.96. The standard InChI is InChI=1S/C20H27N3O3S/c1-2-25-15-5-6-17-18(12-15)27-20(22-17)23-9-7-14(8-10-23)19(24)21-13-16-4-3-11-26-16/h5-6,12,14,16H,2-4,7-11,13H2,1H3,(H,21,24)/t16-/m0/s1. The number of carbonyl (C=O) groups excluding carboxylic acids is 1. The minimum absolute atomic E-state index is 0.0987. The van der Waals surface area contributed by atoms with Gasteiger partial charge in [0, 0.05) is 32.2 Å². The Morgan fingerprint density at radius 2 is 2.22 bits per heavy atom. The third-order valence-corrected chi connectivity index (χ3v) is 6.40. The van der Waals surface area contributed by atoms with E-state index in [1.165, 1.54) is 0 Å². The first-order chi connectivity index (χ1) is 13.2. The molecule has 1 atom stereocenters. The second-order valence-electron chi connectivity index (χ2n) is 7.20. The Labute approximate surface area is 163 Å². The van der Waals surface area contributed by atoms with E-state index < -0.39 is 0 Å². The number of carbonyl (C=O) groups is 1. The molecule has 6 nitrogen and oxygen atoms in total. The van der Waals surface area contributed by atoms with Gasteiger partial charge < -0.3 is 19.7 Å². The van der Waals surface area contributed by atoms with Crippen LogP contribution in [0.2, 0.25) is 0 Å². The van der Waals surface area contributed by atoms with Gasteiger partial charge in [0.25, 0.3) is 0 Å². The Kier molecular flexibility index (Phi) is 5.78. The van der Waals surface area contributed by atoms with E-state index in [0.29, 0.717) is 13.2 Å². The maximum atomic E-state index is 12.4. The van der Waals surface area contributed by atoms with Gasteiger partial charge in [0.2, 0.25) is 5.91 Å². The van der Waals surface area contributed by atoms with Gasteiger partial charge in [-0.1, -0.05) is 11.3 Å². The second-order valence-corrected chi connectivity index (χ2v) is 8.21. The maximum absolute atomic E-state index is 12.4. The van der Waals surface area contributed by atoms with Crippen LogP contribution < -0.4 is 15.0 Å². The molecule has 0 bridgehead atoms. The van der Waals surface area contributed by atoms with Crippen LogP contribution in [0.4, 0.5) is 5.13 Å². The number of nitrogens with zero attached hydrogens (tertiary/aromatic N) is 2. The molecule has 4 rings (SSSR count). The molecule has 27 heavy (non-hydrogen) atoms. The van der Waals surface area contributed by atoms with Crippen LogP contribution in [0.1, 0.15) is 32.6 Å². The van der Waals surface area contributed by atoms with Crippen molar-refractivity contribution in [1.29, 1.82) is 0 Å².